The fourth-order valence-corrected chi connectivity index (χ4v) is 9.29. The number of hydrogen-bond acceptors (Lipinski definition) is 6. The molecule has 0 fully saturated rings. The summed E-state index contributed by atoms with van der Waals surface area (Å²) in [6.45, 7) is 3.42. The Bertz CT molecular complexity index is 3860. The standard InChI is InChI=1S/C57H34F18N4O4/c1-51(2,3)83-50(81)48-34(56(70,71)72)21-29(22-35(48)57(73,74)75)47-42-15-13-40(78-42)45(27-17-30(52(58,59)60)23-31(18-27)53(61,62)63)38-11-9-36(76-38)44(25-5-7-26(8-6-25)49(80)82-4)37-10-12-39(77-37)46(41-14-16-43(47)79-41)28-19-32(54(64,65)66)24-33(20-28)55(67,68)69/h5-24,76,79H,1-4H3. The molecule has 2 N–H and O–H groups in total. The number of methoxy groups -OCH3 is 1. The Morgan fingerprint density at radius 2 is 0.687 bits per heavy atom. The van der Waals surface area contributed by atoms with Crippen LogP contribution in [0.25, 0.3) is 90.9 Å². The number of aromatic amines is 2. The highest BCUT2D eigenvalue weighted by Gasteiger charge is 2.46. The summed E-state index contributed by atoms with van der Waals surface area (Å²) in [5, 5.41) is 0. The predicted octanol–water partition coefficient (Wildman–Crippen LogP) is 18.2. The summed E-state index contributed by atoms with van der Waals surface area (Å²) in [6, 6.07) is 10.5. The molecule has 8 bridgehead atoms. The van der Waals surface area contributed by atoms with Gasteiger partial charge in [-0.15, -0.1) is 0 Å². The van der Waals surface area contributed by atoms with Crippen LogP contribution in [0.2, 0.25) is 0 Å². The van der Waals surface area contributed by atoms with Gasteiger partial charge in [-0.25, -0.2) is 19.6 Å². The molecule has 7 aromatic rings. The molecule has 3 aromatic heterocycles. The maximum Gasteiger partial charge on any atom is 0.417 e. The zero-order valence-corrected chi connectivity index (χ0v) is 42.4. The third-order valence-corrected chi connectivity index (χ3v) is 12.7. The highest BCUT2D eigenvalue weighted by atomic mass is 19.4. The van der Waals surface area contributed by atoms with Gasteiger partial charge in [-0.3, -0.25) is 0 Å². The monoisotopic (exact) mass is 1180 g/mol. The summed E-state index contributed by atoms with van der Waals surface area (Å²) in [6.07, 6.45) is -29.3. The molecule has 0 saturated carbocycles. The predicted molar refractivity (Wildman–Crippen MR) is 267 cm³/mol. The number of aromatic nitrogens is 4. The lowest BCUT2D eigenvalue weighted by Crippen LogP contribution is -2.28. The summed E-state index contributed by atoms with van der Waals surface area (Å²) in [4.78, 5) is 40.5. The quantitative estimate of drug-likeness (QED) is 0.127. The average Bonchev–Trinajstić information content (AvgIpc) is 2.47. The van der Waals surface area contributed by atoms with E-state index in [1.54, 1.807) is 0 Å². The van der Waals surface area contributed by atoms with Crippen molar-refractivity contribution in [3.05, 3.63) is 164 Å². The molecule has 9 rings (SSSR count). The van der Waals surface area contributed by atoms with Gasteiger partial charge in [-0.1, -0.05) is 12.1 Å². The summed E-state index contributed by atoms with van der Waals surface area (Å²) in [7, 11) is 1.07. The third-order valence-electron chi connectivity index (χ3n) is 12.7. The van der Waals surface area contributed by atoms with E-state index in [1.807, 2.05) is 0 Å². The molecule has 0 spiro atoms. The van der Waals surface area contributed by atoms with Crippen molar-refractivity contribution in [2.45, 2.75) is 63.4 Å². The fraction of sp³-hybridized carbons (Fsp3) is 0.193. The maximum atomic E-state index is 15.3. The minimum atomic E-state index is -5.83. The Balaban J connectivity index is 1.54. The van der Waals surface area contributed by atoms with E-state index in [4.69, 9.17) is 9.47 Å². The van der Waals surface area contributed by atoms with Crippen molar-refractivity contribution in [1.29, 1.82) is 0 Å². The van der Waals surface area contributed by atoms with Gasteiger partial charge in [-0.05, 0) is 152 Å². The number of fused-ring (bicyclic) bond motifs is 8. The van der Waals surface area contributed by atoms with Gasteiger partial charge in [0, 0.05) is 44.3 Å². The van der Waals surface area contributed by atoms with Crippen molar-refractivity contribution in [1.82, 2.24) is 19.9 Å². The first-order chi connectivity index (χ1) is 38.3. The van der Waals surface area contributed by atoms with Crippen LogP contribution in [0.3, 0.4) is 0 Å². The van der Waals surface area contributed by atoms with E-state index in [2.05, 4.69) is 19.9 Å². The van der Waals surface area contributed by atoms with Gasteiger partial charge in [0.05, 0.1) is 74.4 Å². The first kappa shape index (κ1) is 58.8. The van der Waals surface area contributed by atoms with E-state index >= 15 is 26.3 Å². The number of benzene rings is 4. The summed E-state index contributed by atoms with van der Waals surface area (Å²) in [5.74, 6) is -2.91. The molecule has 0 amide bonds. The van der Waals surface area contributed by atoms with E-state index in [0.717, 1.165) is 64.3 Å². The van der Waals surface area contributed by atoms with Crippen LogP contribution in [0.1, 0.15) is 97.6 Å². The van der Waals surface area contributed by atoms with Crippen LogP contribution < -0.4 is 0 Å². The molecule has 0 saturated heterocycles. The second-order valence-electron chi connectivity index (χ2n) is 19.6. The van der Waals surface area contributed by atoms with Crippen LogP contribution in [0.5, 0.6) is 0 Å². The number of ether oxygens (including phenoxy) is 2. The number of alkyl halides is 18. The molecule has 432 valence electrons. The minimum absolute atomic E-state index is 0.0188. The second-order valence-corrected chi connectivity index (χ2v) is 19.6. The van der Waals surface area contributed by atoms with Gasteiger partial charge < -0.3 is 19.4 Å². The number of H-pyrrole nitrogens is 2. The number of carbonyl (C=O) groups is 2. The van der Waals surface area contributed by atoms with E-state index < -0.39 is 155 Å². The van der Waals surface area contributed by atoms with Gasteiger partial charge in [0.15, 0.2) is 0 Å². The molecule has 0 aliphatic carbocycles. The largest absolute Gasteiger partial charge is 0.465 e. The van der Waals surface area contributed by atoms with Crippen LogP contribution in [-0.4, -0.2) is 44.6 Å². The van der Waals surface area contributed by atoms with Crippen molar-refractivity contribution < 1.29 is 98.1 Å². The maximum absolute atomic E-state index is 15.3. The van der Waals surface area contributed by atoms with Gasteiger partial charge in [0.1, 0.15) is 5.60 Å². The van der Waals surface area contributed by atoms with Gasteiger partial charge in [0.25, 0.3) is 0 Å². The smallest absolute Gasteiger partial charge is 0.417 e. The van der Waals surface area contributed by atoms with Crippen LogP contribution >= 0.6 is 0 Å². The minimum Gasteiger partial charge on any atom is -0.465 e. The fourth-order valence-electron chi connectivity index (χ4n) is 9.29. The first-order valence-corrected chi connectivity index (χ1v) is 23.8. The lowest BCUT2D eigenvalue weighted by molar-refractivity contribution is -0.145. The molecule has 5 heterocycles. The molecule has 2 aliphatic rings. The molecule has 4 aromatic carbocycles. The number of carbonyl (C=O) groups excluding carboxylic acids is 2. The number of nitrogens with zero attached hydrogens (tertiary/aromatic N) is 2. The van der Waals surface area contributed by atoms with Gasteiger partial charge in [0.2, 0.25) is 0 Å². The molecule has 83 heavy (non-hydrogen) atoms. The number of rotatable bonds is 6. The number of nitrogens with one attached hydrogen (secondary N) is 2. The van der Waals surface area contributed by atoms with Crippen LogP contribution in [-0.2, 0) is 46.5 Å². The Kier molecular flexibility index (Phi) is 14.3. The van der Waals surface area contributed by atoms with E-state index in [0.29, 0.717) is 24.3 Å². The van der Waals surface area contributed by atoms with Crippen molar-refractivity contribution in [3.8, 4) is 44.5 Å². The number of esters is 2. The molecular formula is C57H34F18N4O4. The number of halogens is 18. The summed E-state index contributed by atoms with van der Waals surface area (Å²) >= 11 is 0. The van der Waals surface area contributed by atoms with Crippen molar-refractivity contribution in [3.63, 3.8) is 0 Å². The zero-order chi connectivity index (χ0) is 60.9. The number of hydrogen-bond donors (Lipinski definition) is 2. The normalized spacial score (nSPS) is 13.4. The van der Waals surface area contributed by atoms with Crippen LogP contribution in [0.4, 0.5) is 79.0 Å². The lowest BCUT2D eigenvalue weighted by Gasteiger charge is -2.24. The molecule has 2 aliphatic heterocycles. The van der Waals surface area contributed by atoms with Gasteiger partial charge in [-0.2, -0.15) is 79.0 Å². The molecular weight excluding hydrogens is 1150 g/mol. The lowest BCUT2D eigenvalue weighted by atomic mass is 9.92. The topological polar surface area (TPSA) is 110 Å². The Morgan fingerprint density at radius 3 is 0.964 bits per heavy atom. The summed E-state index contributed by atoms with van der Waals surface area (Å²) in [5.41, 5.74) is -23.8. The van der Waals surface area contributed by atoms with Crippen molar-refractivity contribution in [2.24, 2.45) is 0 Å². The highest BCUT2D eigenvalue weighted by molar-refractivity contribution is 6.02. The van der Waals surface area contributed by atoms with E-state index in [-0.39, 0.29) is 57.7 Å². The third kappa shape index (κ3) is 11.9. The molecule has 26 heteroatoms. The Morgan fingerprint density at radius 1 is 0.386 bits per heavy atom. The molecule has 0 radical (unpaired) electrons. The summed E-state index contributed by atoms with van der Waals surface area (Å²) < 4.78 is 277. The van der Waals surface area contributed by atoms with E-state index in [1.165, 1.54) is 36.4 Å². The van der Waals surface area contributed by atoms with Gasteiger partial charge >= 0.3 is 49.0 Å². The molecule has 8 nitrogen and oxygen atoms in total. The average molecular weight is 1180 g/mol. The SMILES string of the molecule is COC(=O)c1ccc(-c2c3nc(c(-c4cc(C(F)(F)F)cc(C(F)(F)F)c4)c4ccc([nH]4)c(-c4cc(C(F)(F)F)c(C(=O)OC(C)(C)C)c(C(F)(F)F)c4)c4nc(c(-c5cc(C(F)(F)F)cc(C(F)(F)F)c5)c5ccc2[nH]5)C=C4)C=C3)cc1. The molecule has 0 unspecified atom stereocenters. The second kappa shape index (κ2) is 20.2. The van der Waals surface area contributed by atoms with Crippen molar-refractivity contribution in [2.75, 3.05) is 7.11 Å². The molecule has 0 atom stereocenters. The first-order valence-electron chi connectivity index (χ1n) is 23.8. The van der Waals surface area contributed by atoms with Crippen LogP contribution in [0, 0.1) is 0 Å². The highest BCUT2D eigenvalue weighted by Crippen LogP contribution is 2.48. The van der Waals surface area contributed by atoms with Crippen LogP contribution in [0.15, 0.2) is 97.1 Å². The van der Waals surface area contributed by atoms with Crippen molar-refractivity contribution >= 4 is 58.3 Å². The Hall–Kier alpha value is -8.84. The Labute approximate surface area is 454 Å². The zero-order valence-electron chi connectivity index (χ0n) is 42.4. The van der Waals surface area contributed by atoms with E-state index in [9.17, 15) is 62.3 Å².